The van der Waals surface area contributed by atoms with Gasteiger partial charge in [0.15, 0.2) is 0 Å². The first kappa shape index (κ1) is 16.8. The molecule has 3 N–H and O–H groups in total. The van der Waals surface area contributed by atoms with Crippen molar-refractivity contribution in [2.45, 2.75) is 32.8 Å². The second-order valence-corrected chi connectivity index (χ2v) is 6.34. The molecule has 2 amide bonds. The zero-order valence-corrected chi connectivity index (χ0v) is 13.5. The van der Waals surface area contributed by atoms with Crippen molar-refractivity contribution in [3.8, 4) is 0 Å². The van der Waals surface area contributed by atoms with Crippen LogP contribution in [0, 0.1) is 12.8 Å². The maximum atomic E-state index is 11.8. The van der Waals surface area contributed by atoms with Crippen LogP contribution in [0.2, 0.25) is 0 Å². The third kappa shape index (κ3) is 5.66. The number of rotatable bonds is 5. The normalized spacial score (nSPS) is 18.0. The predicted octanol–water partition coefficient (Wildman–Crippen LogP) is 2.21. The molecule has 1 fully saturated rings. The second kappa shape index (κ2) is 8.15. The molecule has 0 saturated carbocycles. The largest absolute Gasteiger partial charge is 0.390 e. The van der Waals surface area contributed by atoms with E-state index in [2.05, 4.69) is 22.5 Å². The summed E-state index contributed by atoms with van der Waals surface area (Å²) in [6.07, 6.45) is 1.85. The molecule has 1 atom stereocenters. The molecule has 0 spiro atoms. The number of hydrogen-bond acceptors (Lipinski definition) is 3. The predicted molar refractivity (Wildman–Crippen MR) is 89.0 cm³/mol. The van der Waals surface area contributed by atoms with Gasteiger partial charge >= 0.3 is 6.03 Å². The van der Waals surface area contributed by atoms with Gasteiger partial charge in [-0.05, 0) is 50.9 Å². The smallest absolute Gasteiger partial charge is 0.319 e. The SMILES string of the molecule is Cc1ccc(NC(=O)NCC(O)CN2CCC(C)CC2)cc1. The molecule has 0 bridgehead atoms. The summed E-state index contributed by atoms with van der Waals surface area (Å²) in [4.78, 5) is 14.1. The number of piperidine rings is 1. The van der Waals surface area contributed by atoms with Crippen LogP contribution in [0.5, 0.6) is 0 Å². The van der Waals surface area contributed by atoms with Crippen LogP contribution >= 0.6 is 0 Å². The van der Waals surface area contributed by atoms with Gasteiger partial charge in [0.25, 0.3) is 0 Å². The van der Waals surface area contributed by atoms with Crippen molar-refractivity contribution in [1.29, 1.82) is 0 Å². The molecule has 5 heteroatoms. The number of likely N-dealkylation sites (tertiary alicyclic amines) is 1. The minimum absolute atomic E-state index is 0.268. The summed E-state index contributed by atoms with van der Waals surface area (Å²) < 4.78 is 0. The van der Waals surface area contributed by atoms with Crippen LogP contribution in [0.3, 0.4) is 0 Å². The van der Waals surface area contributed by atoms with E-state index in [0.29, 0.717) is 6.54 Å². The number of amides is 2. The summed E-state index contributed by atoms with van der Waals surface area (Å²) in [5, 5.41) is 15.5. The number of nitrogens with one attached hydrogen (secondary N) is 2. The lowest BCUT2D eigenvalue weighted by Crippen LogP contribution is -2.43. The van der Waals surface area contributed by atoms with Crippen LogP contribution in [0.15, 0.2) is 24.3 Å². The fourth-order valence-electron chi connectivity index (χ4n) is 2.63. The first-order valence-electron chi connectivity index (χ1n) is 8.05. The Morgan fingerprint density at radius 1 is 1.32 bits per heavy atom. The quantitative estimate of drug-likeness (QED) is 0.781. The summed E-state index contributed by atoms with van der Waals surface area (Å²) in [6.45, 7) is 7.23. The van der Waals surface area contributed by atoms with Crippen LogP contribution in [0.25, 0.3) is 0 Å². The van der Waals surface area contributed by atoms with Gasteiger partial charge in [0, 0.05) is 18.8 Å². The molecule has 0 aromatic heterocycles. The minimum Gasteiger partial charge on any atom is -0.390 e. The Balaban J connectivity index is 1.66. The molecule has 1 saturated heterocycles. The monoisotopic (exact) mass is 305 g/mol. The number of β-amino-alcohol motifs (C(OH)–C–C–N with tert-alkyl or cyclic N) is 1. The molecule has 0 aliphatic carbocycles. The standard InChI is InChI=1S/C17H27N3O2/c1-13-3-5-15(6-4-13)19-17(22)18-11-16(21)12-20-9-7-14(2)8-10-20/h3-6,14,16,21H,7-12H2,1-2H3,(H2,18,19,22). The van der Waals surface area contributed by atoms with Crippen LogP contribution in [-0.4, -0.2) is 48.3 Å². The number of urea groups is 1. The average Bonchev–Trinajstić information content (AvgIpc) is 2.50. The molecule has 1 aromatic carbocycles. The maximum absolute atomic E-state index is 11.8. The number of aliphatic hydroxyl groups is 1. The highest BCUT2D eigenvalue weighted by Crippen LogP contribution is 2.15. The Kier molecular flexibility index (Phi) is 6.21. The molecule has 1 aromatic rings. The molecule has 1 aliphatic rings. The number of hydrogen-bond donors (Lipinski definition) is 3. The highest BCUT2D eigenvalue weighted by molar-refractivity contribution is 5.89. The number of benzene rings is 1. The van der Waals surface area contributed by atoms with E-state index >= 15 is 0 Å². The van der Waals surface area contributed by atoms with E-state index in [1.54, 1.807) is 0 Å². The van der Waals surface area contributed by atoms with Gasteiger partial charge in [-0.1, -0.05) is 24.6 Å². The fourth-order valence-corrected chi connectivity index (χ4v) is 2.63. The summed E-state index contributed by atoms with van der Waals surface area (Å²) in [6, 6.07) is 7.33. The second-order valence-electron chi connectivity index (χ2n) is 6.34. The highest BCUT2D eigenvalue weighted by Gasteiger charge is 2.18. The molecule has 122 valence electrons. The van der Waals surface area contributed by atoms with Crippen molar-refractivity contribution in [2.24, 2.45) is 5.92 Å². The van der Waals surface area contributed by atoms with E-state index in [-0.39, 0.29) is 12.6 Å². The van der Waals surface area contributed by atoms with Gasteiger partial charge in [0.1, 0.15) is 0 Å². The van der Waals surface area contributed by atoms with Crippen molar-refractivity contribution in [2.75, 3.05) is 31.5 Å². The summed E-state index contributed by atoms with van der Waals surface area (Å²) in [5.41, 5.74) is 1.90. The Morgan fingerprint density at radius 3 is 2.59 bits per heavy atom. The first-order valence-corrected chi connectivity index (χ1v) is 8.05. The molecule has 1 unspecified atom stereocenters. The third-order valence-electron chi connectivity index (χ3n) is 4.15. The summed E-state index contributed by atoms with van der Waals surface area (Å²) in [5.74, 6) is 0.784. The first-order chi connectivity index (χ1) is 10.5. The molecule has 5 nitrogen and oxygen atoms in total. The number of carbonyl (C=O) groups is 1. The topological polar surface area (TPSA) is 64.6 Å². The van der Waals surface area contributed by atoms with E-state index in [1.165, 1.54) is 12.8 Å². The van der Waals surface area contributed by atoms with Gasteiger partial charge in [0.2, 0.25) is 0 Å². The number of nitrogens with zero attached hydrogens (tertiary/aromatic N) is 1. The van der Waals surface area contributed by atoms with Gasteiger partial charge < -0.3 is 20.6 Å². The summed E-state index contributed by atoms with van der Waals surface area (Å²) in [7, 11) is 0. The van der Waals surface area contributed by atoms with E-state index < -0.39 is 6.10 Å². The maximum Gasteiger partial charge on any atom is 0.319 e. The Bertz CT molecular complexity index is 467. The lowest BCUT2D eigenvalue weighted by molar-refractivity contribution is 0.0924. The zero-order valence-electron chi connectivity index (χ0n) is 13.5. The number of anilines is 1. The third-order valence-corrected chi connectivity index (χ3v) is 4.15. The molecule has 2 rings (SSSR count). The molecule has 22 heavy (non-hydrogen) atoms. The van der Waals surface area contributed by atoms with E-state index in [0.717, 1.165) is 30.3 Å². The van der Waals surface area contributed by atoms with Crippen molar-refractivity contribution in [3.05, 3.63) is 29.8 Å². The van der Waals surface area contributed by atoms with Crippen LogP contribution in [0.4, 0.5) is 10.5 Å². The molecule has 0 radical (unpaired) electrons. The van der Waals surface area contributed by atoms with Gasteiger partial charge in [-0.25, -0.2) is 4.79 Å². The lowest BCUT2D eigenvalue weighted by Gasteiger charge is -2.31. The molecule has 1 aliphatic heterocycles. The number of aryl methyl sites for hydroxylation is 1. The van der Waals surface area contributed by atoms with Crippen LogP contribution in [-0.2, 0) is 0 Å². The minimum atomic E-state index is -0.530. The van der Waals surface area contributed by atoms with Gasteiger partial charge in [-0.3, -0.25) is 0 Å². The van der Waals surface area contributed by atoms with Gasteiger partial charge in [-0.2, -0.15) is 0 Å². The van der Waals surface area contributed by atoms with Gasteiger partial charge in [-0.15, -0.1) is 0 Å². The number of carbonyl (C=O) groups excluding carboxylic acids is 1. The Hall–Kier alpha value is -1.59. The lowest BCUT2D eigenvalue weighted by atomic mass is 9.99. The van der Waals surface area contributed by atoms with Gasteiger partial charge in [0.05, 0.1) is 6.10 Å². The molecule has 1 heterocycles. The summed E-state index contributed by atoms with van der Waals surface area (Å²) >= 11 is 0. The fraction of sp³-hybridized carbons (Fsp3) is 0.588. The van der Waals surface area contributed by atoms with Crippen molar-refractivity contribution >= 4 is 11.7 Å². The van der Waals surface area contributed by atoms with Crippen molar-refractivity contribution in [3.63, 3.8) is 0 Å². The van der Waals surface area contributed by atoms with Crippen LogP contribution in [0.1, 0.15) is 25.3 Å². The average molecular weight is 305 g/mol. The Labute approximate surface area is 132 Å². The van der Waals surface area contributed by atoms with Crippen molar-refractivity contribution in [1.82, 2.24) is 10.2 Å². The number of aliphatic hydroxyl groups excluding tert-OH is 1. The van der Waals surface area contributed by atoms with E-state index in [9.17, 15) is 9.90 Å². The van der Waals surface area contributed by atoms with E-state index in [1.807, 2.05) is 31.2 Å². The highest BCUT2D eigenvalue weighted by atomic mass is 16.3. The molecular weight excluding hydrogens is 278 g/mol. The zero-order chi connectivity index (χ0) is 15.9. The van der Waals surface area contributed by atoms with Crippen LogP contribution < -0.4 is 10.6 Å². The van der Waals surface area contributed by atoms with E-state index in [4.69, 9.17) is 0 Å². The van der Waals surface area contributed by atoms with Crippen molar-refractivity contribution < 1.29 is 9.90 Å². The molecular formula is C17H27N3O2. The Morgan fingerprint density at radius 2 is 1.95 bits per heavy atom.